The summed E-state index contributed by atoms with van der Waals surface area (Å²) in [5.41, 5.74) is 2.60. The minimum atomic E-state index is -0.000188. The molecular weight excluding hydrogens is 266 g/mol. The van der Waals surface area contributed by atoms with Crippen molar-refractivity contribution in [2.45, 2.75) is 34.1 Å². The number of aryl methyl sites for hydroxylation is 2. The molecule has 2 rings (SSSR count). The van der Waals surface area contributed by atoms with E-state index in [1.54, 1.807) is 4.90 Å². The van der Waals surface area contributed by atoms with Crippen LogP contribution in [0.25, 0.3) is 0 Å². The van der Waals surface area contributed by atoms with Gasteiger partial charge in [0.05, 0.1) is 0 Å². The molecule has 1 aromatic heterocycles. The Kier molecular flexibility index (Phi) is 4.70. The molecule has 21 heavy (non-hydrogen) atoms. The number of carbonyl (C=O) groups excluding carboxylic acids is 2. The number of H-pyrrole nitrogens is 1. The maximum atomic E-state index is 12.6. The molecule has 1 aliphatic heterocycles. The first-order chi connectivity index (χ1) is 9.88. The SMILES string of the molecule is Cc1cc(C)c(C(=O)N2CCC(=O)N(CC(C)C)CC2)[nH]1. The molecule has 2 amide bonds. The van der Waals surface area contributed by atoms with Crippen molar-refractivity contribution < 1.29 is 9.59 Å². The molecule has 0 spiro atoms. The highest BCUT2D eigenvalue weighted by Gasteiger charge is 2.26. The van der Waals surface area contributed by atoms with Crippen molar-refractivity contribution in [1.82, 2.24) is 14.8 Å². The lowest BCUT2D eigenvalue weighted by Gasteiger charge is -2.23. The molecule has 0 aromatic carbocycles. The predicted octanol–water partition coefficient (Wildman–Crippen LogP) is 1.96. The molecule has 1 aromatic rings. The van der Waals surface area contributed by atoms with Gasteiger partial charge in [0.25, 0.3) is 5.91 Å². The fourth-order valence-electron chi connectivity index (χ4n) is 2.81. The van der Waals surface area contributed by atoms with Crippen molar-refractivity contribution in [3.05, 3.63) is 23.0 Å². The zero-order valence-electron chi connectivity index (χ0n) is 13.4. The van der Waals surface area contributed by atoms with E-state index in [2.05, 4.69) is 18.8 Å². The average Bonchev–Trinajstić information content (AvgIpc) is 2.63. The Morgan fingerprint density at radius 3 is 2.57 bits per heavy atom. The first-order valence-electron chi connectivity index (χ1n) is 7.61. The van der Waals surface area contributed by atoms with Crippen molar-refractivity contribution in [2.75, 3.05) is 26.2 Å². The number of aromatic nitrogens is 1. The highest BCUT2D eigenvalue weighted by Crippen LogP contribution is 2.14. The minimum Gasteiger partial charge on any atom is -0.354 e. The second-order valence-corrected chi connectivity index (χ2v) is 6.29. The zero-order chi connectivity index (χ0) is 15.6. The standard InChI is InChI=1S/C16H25N3O2/c1-11(2)10-19-8-7-18(6-5-14(19)20)16(21)15-12(3)9-13(4)17-15/h9,11,17H,5-8,10H2,1-4H3. The van der Waals surface area contributed by atoms with Crippen LogP contribution >= 0.6 is 0 Å². The Labute approximate surface area is 126 Å². The van der Waals surface area contributed by atoms with Gasteiger partial charge in [-0.1, -0.05) is 13.8 Å². The number of rotatable bonds is 3. The molecule has 116 valence electrons. The van der Waals surface area contributed by atoms with Crippen LogP contribution in [0.5, 0.6) is 0 Å². The van der Waals surface area contributed by atoms with Crippen LogP contribution in [0, 0.1) is 19.8 Å². The number of aromatic amines is 1. The Bertz CT molecular complexity index is 534. The Hall–Kier alpha value is -1.78. The van der Waals surface area contributed by atoms with E-state index in [1.807, 2.05) is 24.8 Å². The number of hydrogen-bond donors (Lipinski definition) is 1. The molecule has 0 radical (unpaired) electrons. The molecule has 2 heterocycles. The minimum absolute atomic E-state index is 0.000188. The van der Waals surface area contributed by atoms with E-state index in [-0.39, 0.29) is 11.8 Å². The molecule has 0 atom stereocenters. The third-order valence-electron chi connectivity index (χ3n) is 3.82. The van der Waals surface area contributed by atoms with E-state index in [1.165, 1.54) is 0 Å². The van der Waals surface area contributed by atoms with E-state index in [0.717, 1.165) is 17.8 Å². The molecule has 0 bridgehead atoms. The van der Waals surface area contributed by atoms with Gasteiger partial charge in [0, 0.05) is 38.3 Å². The van der Waals surface area contributed by atoms with Crippen LogP contribution in [0.15, 0.2) is 6.07 Å². The van der Waals surface area contributed by atoms with Crippen molar-refractivity contribution in [3.63, 3.8) is 0 Å². The molecule has 0 saturated carbocycles. The molecule has 1 saturated heterocycles. The van der Waals surface area contributed by atoms with E-state index >= 15 is 0 Å². The van der Waals surface area contributed by atoms with Crippen LogP contribution in [0.2, 0.25) is 0 Å². The normalized spacial score (nSPS) is 16.5. The number of carbonyl (C=O) groups is 2. The largest absolute Gasteiger partial charge is 0.354 e. The Morgan fingerprint density at radius 1 is 1.29 bits per heavy atom. The molecule has 5 nitrogen and oxygen atoms in total. The average molecular weight is 291 g/mol. The van der Waals surface area contributed by atoms with Crippen LogP contribution in [-0.2, 0) is 4.79 Å². The monoisotopic (exact) mass is 291 g/mol. The summed E-state index contributed by atoms with van der Waals surface area (Å²) in [4.78, 5) is 31.5. The number of nitrogens with one attached hydrogen (secondary N) is 1. The van der Waals surface area contributed by atoms with Gasteiger partial charge < -0.3 is 14.8 Å². The molecule has 0 aliphatic carbocycles. The smallest absolute Gasteiger partial charge is 0.270 e. The summed E-state index contributed by atoms with van der Waals surface area (Å²) in [6, 6.07) is 1.97. The van der Waals surface area contributed by atoms with Crippen LogP contribution in [0.4, 0.5) is 0 Å². The third-order valence-corrected chi connectivity index (χ3v) is 3.82. The highest BCUT2D eigenvalue weighted by atomic mass is 16.2. The summed E-state index contributed by atoms with van der Waals surface area (Å²) in [7, 11) is 0. The summed E-state index contributed by atoms with van der Waals surface area (Å²) in [6.45, 7) is 10.6. The zero-order valence-corrected chi connectivity index (χ0v) is 13.4. The molecule has 1 aliphatic rings. The molecule has 5 heteroatoms. The van der Waals surface area contributed by atoms with Crippen molar-refractivity contribution in [2.24, 2.45) is 5.92 Å². The lowest BCUT2D eigenvalue weighted by atomic mass is 10.2. The van der Waals surface area contributed by atoms with E-state index in [9.17, 15) is 9.59 Å². The topological polar surface area (TPSA) is 56.4 Å². The van der Waals surface area contributed by atoms with E-state index in [4.69, 9.17) is 0 Å². The fraction of sp³-hybridized carbons (Fsp3) is 0.625. The van der Waals surface area contributed by atoms with Crippen LogP contribution in [0.3, 0.4) is 0 Å². The molecular formula is C16H25N3O2. The highest BCUT2D eigenvalue weighted by molar-refractivity contribution is 5.94. The van der Waals surface area contributed by atoms with Gasteiger partial charge in [-0.3, -0.25) is 9.59 Å². The second-order valence-electron chi connectivity index (χ2n) is 6.29. The van der Waals surface area contributed by atoms with Crippen LogP contribution in [-0.4, -0.2) is 52.8 Å². The van der Waals surface area contributed by atoms with E-state index < -0.39 is 0 Å². The summed E-state index contributed by atoms with van der Waals surface area (Å²) in [6.07, 6.45) is 0.414. The van der Waals surface area contributed by atoms with Gasteiger partial charge in [0.2, 0.25) is 5.91 Å². The van der Waals surface area contributed by atoms with E-state index in [0.29, 0.717) is 37.7 Å². The maximum absolute atomic E-state index is 12.6. The van der Waals surface area contributed by atoms with Crippen molar-refractivity contribution in [3.8, 4) is 0 Å². The van der Waals surface area contributed by atoms with Gasteiger partial charge in [0.15, 0.2) is 0 Å². The molecule has 1 fully saturated rings. The van der Waals surface area contributed by atoms with Gasteiger partial charge in [-0.2, -0.15) is 0 Å². The fourth-order valence-corrected chi connectivity index (χ4v) is 2.81. The number of amides is 2. The maximum Gasteiger partial charge on any atom is 0.270 e. The van der Waals surface area contributed by atoms with Crippen LogP contribution < -0.4 is 0 Å². The Balaban J connectivity index is 2.07. The lowest BCUT2D eigenvalue weighted by Crippen LogP contribution is -2.37. The first-order valence-corrected chi connectivity index (χ1v) is 7.61. The summed E-state index contributed by atoms with van der Waals surface area (Å²) in [5.74, 6) is 0.600. The van der Waals surface area contributed by atoms with Crippen molar-refractivity contribution in [1.29, 1.82) is 0 Å². The van der Waals surface area contributed by atoms with Crippen LogP contribution in [0.1, 0.15) is 42.0 Å². The summed E-state index contributed by atoms with van der Waals surface area (Å²) >= 11 is 0. The third kappa shape index (κ3) is 3.65. The second kappa shape index (κ2) is 6.33. The Morgan fingerprint density at radius 2 is 2.00 bits per heavy atom. The first kappa shape index (κ1) is 15.6. The van der Waals surface area contributed by atoms with Gasteiger partial charge in [-0.25, -0.2) is 0 Å². The quantitative estimate of drug-likeness (QED) is 0.925. The summed E-state index contributed by atoms with van der Waals surface area (Å²) in [5, 5.41) is 0. The summed E-state index contributed by atoms with van der Waals surface area (Å²) < 4.78 is 0. The molecule has 1 N–H and O–H groups in total. The van der Waals surface area contributed by atoms with Gasteiger partial charge in [0.1, 0.15) is 5.69 Å². The van der Waals surface area contributed by atoms with Gasteiger partial charge >= 0.3 is 0 Å². The number of nitrogens with zero attached hydrogens (tertiary/aromatic N) is 2. The number of hydrogen-bond acceptors (Lipinski definition) is 2. The van der Waals surface area contributed by atoms with Gasteiger partial charge in [-0.15, -0.1) is 0 Å². The lowest BCUT2D eigenvalue weighted by molar-refractivity contribution is -0.130. The predicted molar refractivity (Wildman–Crippen MR) is 82.2 cm³/mol. The van der Waals surface area contributed by atoms with Crippen molar-refractivity contribution >= 4 is 11.8 Å². The molecule has 0 unspecified atom stereocenters. The van der Waals surface area contributed by atoms with Gasteiger partial charge in [-0.05, 0) is 31.4 Å².